The van der Waals surface area contributed by atoms with Crippen molar-refractivity contribution < 1.29 is 0 Å². The van der Waals surface area contributed by atoms with E-state index in [-0.39, 0.29) is 0 Å². The summed E-state index contributed by atoms with van der Waals surface area (Å²) in [6.07, 6.45) is 1.17. The zero-order valence-corrected chi connectivity index (χ0v) is 12.1. The summed E-state index contributed by atoms with van der Waals surface area (Å²) >= 11 is 1.85. The third-order valence-electron chi connectivity index (χ3n) is 2.88. The van der Waals surface area contributed by atoms with Crippen molar-refractivity contribution in [2.75, 3.05) is 0 Å². The highest BCUT2D eigenvalue weighted by Crippen LogP contribution is 2.29. The van der Waals surface area contributed by atoms with Gasteiger partial charge in [-0.3, -0.25) is 0 Å². The fraction of sp³-hybridized carbons (Fsp3) is 0.769. The third kappa shape index (κ3) is 3.29. The first-order valence-corrected chi connectivity index (χ1v) is 7.00. The minimum Gasteiger partial charge on any atom is -0.307 e. The molecule has 1 aromatic rings. The van der Waals surface area contributed by atoms with Gasteiger partial charge in [0.15, 0.2) is 0 Å². The fourth-order valence-corrected chi connectivity index (χ4v) is 2.78. The van der Waals surface area contributed by atoms with Gasteiger partial charge in [0.25, 0.3) is 0 Å². The minimum absolute atomic E-state index is 0.417. The van der Waals surface area contributed by atoms with Gasteiger partial charge in [-0.05, 0) is 27.2 Å². The van der Waals surface area contributed by atoms with Crippen LogP contribution in [0.4, 0.5) is 0 Å². The van der Waals surface area contributed by atoms with Crippen LogP contribution in [0.1, 0.15) is 68.6 Å². The van der Waals surface area contributed by atoms with Crippen LogP contribution in [0.5, 0.6) is 0 Å². The molecule has 0 radical (unpaired) electrons. The van der Waals surface area contributed by atoms with Crippen LogP contribution in [0.25, 0.3) is 0 Å². The Balaban J connectivity index is 2.78. The molecule has 0 aliphatic heterocycles. The first-order chi connectivity index (χ1) is 7.45. The largest absolute Gasteiger partial charge is 0.307 e. The fourth-order valence-electron chi connectivity index (χ4n) is 1.70. The molecule has 2 nitrogen and oxygen atoms in total. The molecule has 16 heavy (non-hydrogen) atoms. The molecule has 1 aromatic heterocycles. The van der Waals surface area contributed by atoms with Crippen LogP contribution in [0.3, 0.4) is 0 Å². The molecule has 0 spiro atoms. The lowest BCUT2D eigenvalue weighted by Gasteiger charge is -2.17. The van der Waals surface area contributed by atoms with Gasteiger partial charge >= 0.3 is 0 Å². The number of hydrogen-bond donors (Lipinski definition) is 1. The van der Waals surface area contributed by atoms with Crippen molar-refractivity contribution in [2.24, 2.45) is 0 Å². The number of rotatable bonds is 5. The van der Waals surface area contributed by atoms with Crippen molar-refractivity contribution in [2.45, 2.75) is 66.0 Å². The lowest BCUT2D eigenvalue weighted by molar-refractivity contribution is 0.472. The summed E-state index contributed by atoms with van der Waals surface area (Å²) in [4.78, 5) is 6.04. The zero-order chi connectivity index (χ0) is 12.3. The zero-order valence-electron chi connectivity index (χ0n) is 11.3. The van der Waals surface area contributed by atoms with E-state index in [0.29, 0.717) is 18.0 Å². The Labute approximate surface area is 103 Å². The second kappa shape index (κ2) is 5.78. The summed E-state index contributed by atoms with van der Waals surface area (Å²) < 4.78 is 0. The number of nitrogens with zero attached hydrogens (tertiary/aromatic N) is 1. The first kappa shape index (κ1) is 13.7. The van der Waals surface area contributed by atoms with Crippen LogP contribution in [-0.2, 0) is 0 Å². The topological polar surface area (TPSA) is 24.9 Å². The first-order valence-electron chi connectivity index (χ1n) is 6.18. The summed E-state index contributed by atoms with van der Waals surface area (Å²) in [5, 5.41) is 4.86. The van der Waals surface area contributed by atoms with Crippen molar-refractivity contribution in [1.82, 2.24) is 10.3 Å². The van der Waals surface area contributed by atoms with E-state index >= 15 is 0 Å². The van der Waals surface area contributed by atoms with Crippen LogP contribution in [0.2, 0.25) is 0 Å². The van der Waals surface area contributed by atoms with Gasteiger partial charge < -0.3 is 5.32 Å². The lowest BCUT2D eigenvalue weighted by Crippen LogP contribution is -2.28. The highest BCUT2D eigenvalue weighted by Gasteiger charge is 2.16. The Morgan fingerprint density at radius 3 is 2.31 bits per heavy atom. The maximum absolute atomic E-state index is 4.64. The molecule has 2 unspecified atom stereocenters. The summed E-state index contributed by atoms with van der Waals surface area (Å²) in [5.74, 6) is 0.535. The molecule has 0 aromatic carbocycles. The molecule has 0 amide bonds. The van der Waals surface area contributed by atoms with Crippen molar-refractivity contribution in [3.63, 3.8) is 0 Å². The third-order valence-corrected chi connectivity index (χ3v) is 4.52. The lowest BCUT2D eigenvalue weighted by atomic mass is 10.2. The molecule has 1 rings (SSSR count). The predicted octanol–water partition coefficient (Wildman–Crippen LogP) is 4.02. The van der Waals surface area contributed by atoms with Gasteiger partial charge in [-0.15, -0.1) is 11.3 Å². The summed E-state index contributed by atoms with van der Waals surface area (Å²) in [6.45, 7) is 13.2. The van der Waals surface area contributed by atoms with E-state index in [9.17, 15) is 0 Å². The molecular formula is C13H24N2S. The molecule has 3 heteroatoms. The van der Waals surface area contributed by atoms with Crippen molar-refractivity contribution in [3.05, 3.63) is 15.6 Å². The van der Waals surface area contributed by atoms with E-state index in [1.165, 1.54) is 22.0 Å². The maximum Gasteiger partial charge on any atom is 0.0956 e. The normalized spacial score (nSPS) is 15.4. The second-order valence-electron chi connectivity index (χ2n) is 4.85. The Kier molecular flexibility index (Phi) is 4.93. The molecule has 1 heterocycles. The summed E-state index contributed by atoms with van der Waals surface area (Å²) in [5.41, 5.74) is 1.19. The molecular weight excluding hydrogens is 216 g/mol. The van der Waals surface area contributed by atoms with Gasteiger partial charge in [0.1, 0.15) is 0 Å². The van der Waals surface area contributed by atoms with E-state index < -0.39 is 0 Å². The quantitative estimate of drug-likeness (QED) is 0.840. The molecule has 2 atom stereocenters. The van der Waals surface area contributed by atoms with Crippen LogP contribution in [0.15, 0.2) is 0 Å². The van der Waals surface area contributed by atoms with Crippen molar-refractivity contribution >= 4 is 11.3 Å². The minimum atomic E-state index is 0.417. The monoisotopic (exact) mass is 240 g/mol. The summed E-state index contributed by atoms with van der Waals surface area (Å²) in [7, 11) is 0. The number of aromatic nitrogens is 1. The van der Waals surface area contributed by atoms with Gasteiger partial charge in [0.2, 0.25) is 0 Å². The van der Waals surface area contributed by atoms with Crippen molar-refractivity contribution in [1.29, 1.82) is 0 Å². The molecule has 0 aliphatic rings. The molecule has 0 saturated heterocycles. The smallest absolute Gasteiger partial charge is 0.0956 e. The highest BCUT2D eigenvalue weighted by atomic mass is 32.1. The van der Waals surface area contributed by atoms with Gasteiger partial charge in [0, 0.05) is 22.9 Å². The van der Waals surface area contributed by atoms with E-state index in [0.717, 1.165) is 0 Å². The summed E-state index contributed by atoms with van der Waals surface area (Å²) in [6, 6.07) is 0.985. The predicted molar refractivity (Wildman–Crippen MR) is 72.2 cm³/mol. The van der Waals surface area contributed by atoms with Crippen molar-refractivity contribution in [3.8, 4) is 0 Å². The van der Waals surface area contributed by atoms with E-state index in [2.05, 4.69) is 51.8 Å². The Bertz CT molecular complexity index is 331. The standard InChI is InChI=1S/C13H24N2S/c1-7-9(4)14-10(5)12-11(6)15-13(16-12)8(2)3/h8-10,14H,7H2,1-6H3. The van der Waals surface area contributed by atoms with Crippen LogP contribution in [0, 0.1) is 6.92 Å². The number of aryl methyl sites for hydroxylation is 1. The van der Waals surface area contributed by atoms with Crippen LogP contribution >= 0.6 is 11.3 Å². The van der Waals surface area contributed by atoms with Crippen LogP contribution in [-0.4, -0.2) is 11.0 Å². The van der Waals surface area contributed by atoms with Crippen LogP contribution < -0.4 is 5.32 Å². The van der Waals surface area contributed by atoms with E-state index in [1.807, 2.05) is 11.3 Å². The molecule has 0 fully saturated rings. The van der Waals surface area contributed by atoms with Gasteiger partial charge in [-0.25, -0.2) is 4.98 Å². The average molecular weight is 240 g/mol. The highest BCUT2D eigenvalue weighted by molar-refractivity contribution is 7.11. The molecule has 0 aliphatic carbocycles. The Morgan fingerprint density at radius 2 is 1.88 bits per heavy atom. The average Bonchev–Trinajstić information content (AvgIpc) is 2.60. The number of hydrogen-bond acceptors (Lipinski definition) is 3. The Morgan fingerprint density at radius 1 is 1.25 bits per heavy atom. The molecule has 92 valence electrons. The molecule has 0 bridgehead atoms. The molecule has 1 N–H and O–H groups in total. The van der Waals surface area contributed by atoms with Gasteiger partial charge in [-0.2, -0.15) is 0 Å². The van der Waals surface area contributed by atoms with E-state index in [1.54, 1.807) is 0 Å². The second-order valence-corrected chi connectivity index (χ2v) is 5.92. The Hall–Kier alpha value is -0.410. The van der Waals surface area contributed by atoms with Gasteiger partial charge in [-0.1, -0.05) is 20.8 Å². The van der Waals surface area contributed by atoms with Gasteiger partial charge in [0.05, 0.1) is 10.7 Å². The SMILES string of the molecule is CCC(C)NC(C)c1sc(C(C)C)nc1C. The number of thiazole rings is 1. The number of nitrogens with one attached hydrogen (secondary N) is 1. The maximum atomic E-state index is 4.64. The molecule has 0 saturated carbocycles. The van der Waals surface area contributed by atoms with E-state index in [4.69, 9.17) is 0 Å².